The van der Waals surface area contributed by atoms with Crippen molar-refractivity contribution in [2.24, 2.45) is 0 Å². The van der Waals surface area contributed by atoms with Crippen LogP contribution in [0.4, 0.5) is 5.82 Å². The second kappa shape index (κ2) is 7.10. The van der Waals surface area contributed by atoms with Crippen LogP contribution in [-0.4, -0.2) is 41.4 Å². The second-order valence-electron chi connectivity index (χ2n) is 5.31. The van der Waals surface area contributed by atoms with E-state index in [1.807, 2.05) is 0 Å². The average Bonchev–Trinajstić information content (AvgIpc) is 2.45. The van der Waals surface area contributed by atoms with E-state index in [-0.39, 0.29) is 0 Å². The molecule has 1 aliphatic heterocycles. The Labute approximate surface area is 120 Å². The van der Waals surface area contributed by atoms with Crippen molar-refractivity contribution < 1.29 is 0 Å². The van der Waals surface area contributed by atoms with Crippen molar-refractivity contribution in [3.05, 3.63) is 12.4 Å². The van der Waals surface area contributed by atoms with Gasteiger partial charge in [-0.3, -0.25) is 0 Å². The van der Waals surface area contributed by atoms with Crippen molar-refractivity contribution in [3.63, 3.8) is 0 Å². The summed E-state index contributed by atoms with van der Waals surface area (Å²) in [4.78, 5) is 11.1. The van der Waals surface area contributed by atoms with Crippen molar-refractivity contribution in [3.8, 4) is 0 Å². The molecule has 0 spiro atoms. The highest BCUT2D eigenvalue weighted by atomic mass is 32.2. The molecule has 2 heterocycles. The lowest BCUT2D eigenvalue weighted by molar-refractivity contribution is 0.392. The van der Waals surface area contributed by atoms with Gasteiger partial charge in [-0.1, -0.05) is 6.42 Å². The summed E-state index contributed by atoms with van der Waals surface area (Å²) >= 11 is 1.66. The highest BCUT2D eigenvalue weighted by molar-refractivity contribution is 7.98. The monoisotopic (exact) mass is 280 g/mol. The highest BCUT2D eigenvalue weighted by Gasteiger charge is 2.20. The Morgan fingerprint density at radius 2 is 2.26 bits per heavy atom. The number of anilines is 1. The van der Waals surface area contributed by atoms with Gasteiger partial charge in [0.05, 0.1) is 0 Å². The zero-order valence-electron chi connectivity index (χ0n) is 12.1. The van der Waals surface area contributed by atoms with E-state index >= 15 is 0 Å². The van der Waals surface area contributed by atoms with E-state index in [9.17, 15) is 0 Å². The molecule has 5 heteroatoms. The van der Waals surface area contributed by atoms with E-state index in [4.69, 9.17) is 0 Å². The fourth-order valence-corrected chi connectivity index (χ4v) is 2.86. The van der Waals surface area contributed by atoms with Gasteiger partial charge in [-0.25, -0.2) is 9.97 Å². The molecule has 1 aliphatic rings. The number of nitrogens with one attached hydrogen (secondary N) is 1. The third-order valence-electron chi connectivity index (χ3n) is 3.58. The average molecular weight is 280 g/mol. The maximum atomic E-state index is 4.45. The highest BCUT2D eigenvalue weighted by Crippen LogP contribution is 2.20. The molecule has 1 aromatic rings. The van der Waals surface area contributed by atoms with Crippen molar-refractivity contribution in [2.45, 2.75) is 50.2 Å². The van der Waals surface area contributed by atoms with Crippen LogP contribution in [0.15, 0.2) is 17.4 Å². The van der Waals surface area contributed by atoms with Crippen molar-refractivity contribution >= 4 is 17.6 Å². The first-order valence-corrected chi connectivity index (χ1v) is 8.29. The van der Waals surface area contributed by atoms with Crippen LogP contribution in [0.2, 0.25) is 0 Å². The van der Waals surface area contributed by atoms with E-state index in [0.717, 1.165) is 23.9 Å². The van der Waals surface area contributed by atoms with E-state index < -0.39 is 0 Å². The maximum Gasteiger partial charge on any atom is 0.133 e. The summed E-state index contributed by atoms with van der Waals surface area (Å²) in [6.07, 6.45) is 7.63. The Kier molecular flexibility index (Phi) is 5.45. The van der Waals surface area contributed by atoms with E-state index in [2.05, 4.69) is 46.4 Å². The topological polar surface area (TPSA) is 41.0 Å². The van der Waals surface area contributed by atoms with Gasteiger partial charge in [-0.2, -0.15) is 0 Å². The molecule has 0 radical (unpaired) electrons. The van der Waals surface area contributed by atoms with Crippen LogP contribution in [0.1, 0.15) is 33.1 Å². The molecule has 1 fully saturated rings. The normalized spacial score (nSPS) is 19.7. The zero-order chi connectivity index (χ0) is 13.7. The molecule has 0 saturated carbocycles. The predicted molar refractivity (Wildman–Crippen MR) is 81.9 cm³/mol. The third-order valence-corrected chi connectivity index (χ3v) is 4.23. The Balaban J connectivity index is 2.09. The van der Waals surface area contributed by atoms with Gasteiger partial charge in [-0.05, 0) is 39.5 Å². The van der Waals surface area contributed by atoms with Crippen LogP contribution >= 0.6 is 11.8 Å². The second-order valence-corrected chi connectivity index (χ2v) is 6.14. The summed E-state index contributed by atoms with van der Waals surface area (Å²) in [6.45, 7) is 6.63. The van der Waals surface area contributed by atoms with Gasteiger partial charge in [0, 0.05) is 24.7 Å². The molecule has 0 aliphatic carbocycles. The molecule has 19 heavy (non-hydrogen) atoms. The lowest BCUT2D eigenvalue weighted by atomic mass is 10.0. The number of aromatic nitrogens is 2. The predicted octanol–water partition coefficient (Wildman–Crippen LogP) is 2.56. The first-order chi connectivity index (χ1) is 9.20. The van der Waals surface area contributed by atoms with Crippen molar-refractivity contribution in [1.29, 1.82) is 0 Å². The largest absolute Gasteiger partial charge is 0.352 e. The number of hydrogen-bond acceptors (Lipinski definition) is 5. The third kappa shape index (κ3) is 4.08. The minimum Gasteiger partial charge on any atom is -0.352 e. The number of piperidine rings is 1. The minimum absolute atomic E-state index is 0.452. The molecule has 4 nitrogen and oxygen atoms in total. The summed E-state index contributed by atoms with van der Waals surface area (Å²) in [7, 11) is 0. The van der Waals surface area contributed by atoms with Crippen LogP contribution in [0.5, 0.6) is 0 Å². The Morgan fingerprint density at radius 1 is 1.42 bits per heavy atom. The molecule has 1 aromatic heterocycles. The molecule has 1 atom stereocenters. The summed E-state index contributed by atoms with van der Waals surface area (Å²) in [5, 5.41) is 4.65. The molecule has 1 saturated heterocycles. The quantitative estimate of drug-likeness (QED) is 0.663. The van der Waals surface area contributed by atoms with Crippen LogP contribution in [0.25, 0.3) is 0 Å². The molecule has 0 bridgehead atoms. The van der Waals surface area contributed by atoms with Gasteiger partial charge in [0.1, 0.15) is 17.2 Å². The summed E-state index contributed by atoms with van der Waals surface area (Å²) in [5.74, 6) is 1.04. The zero-order valence-corrected chi connectivity index (χ0v) is 12.9. The molecule has 1 unspecified atom stereocenters. The summed E-state index contributed by atoms with van der Waals surface area (Å²) in [5.41, 5.74) is 0. The lowest BCUT2D eigenvalue weighted by Gasteiger charge is -2.34. The molecule has 1 N–H and O–H groups in total. The first kappa shape index (κ1) is 14.6. The minimum atomic E-state index is 0.452. The standard InChI is InChI=1S/C14H24N4S/c1-11(2)18(9-12-6-4-5-7-15-12)13-8-14(19-3)17-10-16-13/h8,10-12,15H,4-7,9H2,1-3H3. The molecule has 0 aromatic carbocycles. The SMILES string of the molecule is CSc1cc(N(CC2CCCCN2)C(C)C)ncn1. The van der Waals surface area contributed by atoms with Gasteiger partial charge in [-0.15, -0.1) is 11.8 Å². The van der Waals surface area contributed by atoms with Crippen LogP contribution in [0, 0.1) is 0 Å². The first-order valence-electron chi connectivity index (χ1n) is 7.06. The smallest absolute Gasteiger partial charge is 0.133 e. The van der Waals surface area contributed by atoms with Crippen LogP contribution in [-0.2, 0) is 0 Å². The summed E-state index contributed by atoms with van der Waals surface area (Å²) < 4.78 is 0. The molecular weight excluding hydrogens is 256 g/mol. The Morgan fingerprint density at radius 3 is 2.89 bits per heavy atom. The molecule has 0 amide bonds. The fraction of sp³-hybridized carbons (Fsp3) is 0.714. The van der Waals surface area contributed by atoms with Crippen LogP contribution in [0.3, 0.4) is 0 Å². The molecule has 106 valence electrons. The lowest BCUT2D eigenvalue weighted by Crippen LogP contribution is -2.46. The van der Waals surface area contributed by atoms with Crippen molar-refractivity contribution in [1.82, 2.24) is 15.3 Å². The van der Waals surface area contributed by atoms with Crippen molar-refractivity contribution in [2.75, 3.05) is 24.2 Å². The maximum absolute atomic E-state index is 4.45. The summed E-state index contributed by atoms with van der Waals surface area (Å²) in [6, 6.07) is 3.13. The van der Waals surface area contributed by atoms with Gasteiger partial charge in [0.15, 0.2) is 0 Å². The van der Waals surface area contributed by atoms with Gasteiger partial charge in [0.2, 0.25) is 0 Å². The number of hydrogen-bond donors (Lipinski definition) is 1. The van der Waals surface area contributed by atoms with E-state index in [1.54, 1.807) is 18.1 Å². The fourth-order valence-electron chi connectivity index (χ4n) is 2.48. The number of thioether (sulfide) groups is 1. The Bertz CT molecular complexity index is 391. The number of rotatable bonds is 5. The van der Waals surface area contributed by atoms with Gasteiger partial charge in [0.25, 0.3) is 0 Å². The number of nitrogens with zero attached hydrogens (tertiary/aromatic N) is 3. The van der Waals surface area contributed by atoms with Gasteiger partial charge < -0.3 is 10.2 Å². The van der Waals surface area contributed by atoms with Crippen LogP contribution < -0.4 is 10.2 Å². The van der Waals surface area contributed by atoms with Gasteiger partial charge >= 0.3 is 0 Å². The van der Waals surface area contributed by atoms with E-state index in [0.29, 0.717) is 12.1 Å². The Hall–Kier alpha value is -0.810. The molecular formula is C14H24N4S. The van der Waals surface area contributed by atoms with E-state index in [1.165, 1.54) is 19.3 Å². The molecule has 2 rings (SSSR count).